The molecule has 10 heteroatoms. The fourth-order valence-electron chi connectivity index (χ4n) is 3.59. The molecule has 0 bridgehead atoms. The first-order valence-electron chi connectivity index (χ1n) is 10.3. The Morgan fingerprint density at radius 2 is 1.78 bits per heavy atom. The number of rotatable bonds is 7. The van der Waals surface area contributed by atoms with Crippen LogP contribution in [0.25, 0.3) is 0 Å². The quantitative estimate of drug-likeness (QED) is 0.637. The molecule has 3 rings (SSSR count). The lowest BCUT2D eigenvalue weighted by Gasteiger charge is -2.37. The van der Waals surface area contributed by atoms with E-state index in [0.717, 1.165) is 11.3 Å². The number of hydrogen-bond donors (Lipinski definition) is 2. The second-order valence-electron chi connectivity index (χ2n) is 7.68. The smallest absolute Gasteiger partial charge is 0.241 e. The minimum absolute atomic E-state index is 0.0369. The molecule has 1 fully saturated rings. The van der Waals surface area contributed by atoms with Crippen molar-refractivity contribution in [3.8, 4) is 5.75 Å². The van der Waals surface area contributed by atoms with Gasteiger partial charge in [-0.15, -0.1) is 0 Å². The third-order valence-corrected chi connectivity index (χ3v) is 6.42. The molecule has 2 aromatic rings. The van der Waals surface area contributed by atoms with Crippen LogP contribution in [0.1, 0.15) is 12.5 Å². The van der Waals surface area contributed by atoms with Crippen molar-refractivity contribution in [2.75, 3.05) is 38.6 Å². The summed E-state index contributed by atoms with van der Waals surface area (Å²) in [5.74, 6) is 0.497. The Balaban J connectivity index is 1.53. The summed E-state index contributed by atoms with van der Waals surface area (Å²) >= 11 is 0. The van der Waals surface area contributed by atoms with Gasteiger partial charge in [0.25, 0.3) is 0 Å². The molecule has 32 heavy (non-hydrogen) atoms. The fourth-order valence-corrected chi connectivity index (χ4v) is 4.15. The lowest BCUT2D eigenvalue weighted by atomic mass is 10.1. The van der Waals surface area contributed by atoms with Crippen LogP contribution in [0, 0.1) is 0 Å². The van der Waals surface area contributed by atoms with E-state index in [0.29, 0.717) is 38.3 Å². The number of carbonyl (C=O) groups is 2. The summed E-state index contributed by atoms with van der Waals surface area (Å²) < 4.78 is 28.2. The van der Waals surface area contributed by atoms with Crippen molar-refractivity contribution in [3.63, 3.8) is 0 Å². The molecule has 3 N–H and O–H groups in total. The summed E-state index contributed by atoms with van der Waals surface area (Å²) in [4.78, 5) is 29.1. The van der Waals surface area contributed by atoms with Crippen molar-refractivity contribution in [3.05, 3.63) is 54.1 Å². The lowest BCUT2D eigenvalue weighted by molar-refractivity contribution is -0.133. The number of nitrogens with two attached hydrogens (primary N) is 1. The Bertz CT molecular complexity index is 1080. The van der Waals surface area contributed by atoms with Gasteiger partial charge in [0.05, 0.1) is 24.5 Å². The van der Waals surface area contributed by atoms with E-state index in [1.54, 1.807) is 25.0 Å². The van der Waals surface area contributed by atoms with Crippen LogP contribution in [0.3, 0.4) is 0 Å². The van der Waals surface area contributed by atoms with Crippen molar-refractivity contribution in [1.82, 2.24) is 9.80 Å². The Kier molecular flexibility index (Phi) is 7.49. The molecule has 172 valence electrons. The summed E-state index contributed by atoms with van der Waals surface area (Å²) in [6.07, 6.45) is 0.299. The van der Waals surface area contributed by atoms with Gasteiger partial charge in [0.2, 0.25) is 21.8 Å². The van der Waals surface area contributed by atoms with E-state index in [1.807, 2.05) is 29.2 Å². The van der Waals surface area contributed by atoms with Crippen molar-refractivity contribution in [2.45, 2.75) is 24.3 Å². The predicted molar refractivity (Wildman–Crippen MR) is 121 cm³/mol. The number of carbonyl (C=O) groups excluding carboxylic acids is 2. The maximum atomic E-state index is 12.7. The molecule has 1 heterocycles. The highest BCUT2D eigenvalue weighted by Gasteiger charge is 2.27. The van der Waals surface area contributed by atoms with Gasteiger partial charge in [0.15, 0.2) is 0 Å². The summed E-state index contributed by atoms with van der Waals surface area (Å²) in [6.45, 7) is 3.97. The van der Waals surface area contributed by atoms with E-state index in [2.05, 4.69) is 5.32 Å². The van der Waals surface area contributed by atoms with Crippen LogP contribution in [0.4, 0.5) is 5.69 Å². The number of methoxy groups -OCH3 is 1. The zero-order valence-electron chi connectivity index (χ0n) is 18.2. The minimum atomic E-state index is -3.85. The molecule has 2 amide bonds. The van der Waals surface area contributed by atoms with E-state index >= 15 is 0 Å². The van der Waals surface area contributed by atoms with Gasteiger partial charge < -0.3 is 15.0 Å². The molecule has 0 radical (unpaired) electrons. The molecule has 1 atom stereocenters. The molecular formula is C22H28N4O5S. The number of benzene rings is 2. The first kappa shape index (κ1) is 23.7. The van der Waals surface area contributed by atoms with Gasteiger partial charge in [-0.05, 0) is 42.8 Å². The van der Waals surface area contributed by atoms with E-state index < -0.39 is 16.1 Å². The van der Waals surface area contributed by atoms with Crippen molar-refractivity contribution < 1.29 is 22.7 Å². The standard InChI is InChI=1S/C22H28N4O5S/c1-16(22(28)24-18-6-4-8-20(15-18)32(23,29)30)25-9-11-26(12-10-25)21(27)14-17-5-3-7-19(13-17)31-2/h3-8,13,15-16H,9-12,14H2,1-2H3,(H,24,28)(H2,23,29,30). The second-order valence-corrected chi connectivity index (χ2v) is 9.24. The number of primary sulfonamides is 1. The van der Waals surface area contributed by atoms with Gasteiger partial charge in [0, 0.05) is 31.9 Å². The largest absolute Gasteiger partial charge is 0.497 e. The van der Waals surface area contributed by atoms with Gasteiger partial charge >= 0.3 is 0 Å². The molecule has 1 aliphatic rings. The maximum Gasteiger partial charge on any atom is 0.241 e. The van der Waals surface area contributed by atoms with Crippen LogP contribution in [-0.4, -0.2) is 69.4 Å². The molecule has 2 aromatic carbocycles. The van der Waals surface area contributed by atoms with Crippen molar-refractivity contribution in [2.24, 2.45) is 5.14 Å². The minimum Gasteiger partial charge on any atom is -0.497 e. The van der Waals surface area contributed by atoms with Crippen LogP contribution in [0.5, 0.6) is 5.75 Å². The first-order chi connectivity index (χ1) is 15.2. The number of anilines is 1. The van der Waals surface area contributed by atoms with Crippen LogP contribution in [0.2, 0.25) is 0 Å². The van der Waals surface area contributed by atoms with E-state index in [9.17, 15) is 18.0 Å². The van der Waals surface area contributed by atoms with Gasteiger partial charge in [-0.3, -0.25) is 14.5 Å². The van der Waals surface area contributed by atoms with Gasteiger partial charge in [-0.1, -0.05) is 18.2 Å². The third kappa shape index (κ3) is 6.06. The normalized spacial score (nSPS) is 15.8. The lowest BCUT2D eigenvalue weighted by Crippen LogP contribution is -2.54. The molecule has 0 aliphatic carbocycles. The number of nitrogens with zero attached hydrogens (tertiary/aromatic N) is 2. The average Bonchev–Trinajstić information content (AvgIpc) is 2.78. The average molecular weight is 461 g/mol. The van der Waals surface area contributed by atoms with Crippen LogP contribution >= 0.6 is 0 Å². The topological polar surface area (TPSA) is 122 Å². The molecule has 1 unspecified atom stereocenters. The summed E-state index contributed by atoms with van der Waals surface area (Å²) in [5, 5.41) is 7.88. The highest BCUT2D eigenvalue weighted by Crippen LogP contribution is 2.17. The van der Waals surface area contributed by atoms with Gasteiger partial charge in [-0.2, -0.15) is 0 Å². The van der Waals surface area contributed by atoms with Crippen LogP contribution in [0.15, 0.2) is 53.4 Å². The summed E-state index contributed by atoms with van der Waals surface area (Å²) in [5.41, 5.74) is 1.26. The summed E-state index contributed by atoms with van der Waals surface area (Å²) in [6, 6.07) is 12.8. The Hall–Kier alpha value is -2.95. The van der Waals surface area contributed by atoms with E-state index in [4.69, 9.17) is 9.88 Å². The SMILES string of the molecule is COc1cccc(CC(=O)N2CCN(C(C)C(=O)Nc3cccc(S(N)(=O)=O)c3)CC2)c1. The van der Waals surface area contributed by atoms with Crippen LogP contribution in [-0.2, 0) is 26.0 Å². The van der Waals surface area contributed by atoms with E-state index in [-0.39, 0.29) is 16.7 Å². The monoisotopic (exact) mass is 460 g/mol. The maximum absolute atomic E-state index is 12.7. The molecule has 0 spiro atoms. The number of piperazine rings is 1. The van der Waals surface area contributed by atoms with Crippen molar-refractivity contribution >= 4 is 27.5 Å². The third-order valence-electron chi connectivity index (χ3n) is 5.51. The van der Waals surface area contributed by atoms with E-state index in [1.165, 1.54) is 18.2 Å². The Morgan fingerprint density at radius 1 is 1.09 bits per heavy atom. The molecule has 0 aromatic heterocycles. The van der Waals surface area contributed by atoms with Crippen molar-refractivity contribution in [1.29, 1.82) is 0 Å². The number of sulfonamides is 1. The molecule has 0 saturated carbocycles. The summed E-state index contributed by atoms with van der Waals surface area (Å²) in [7, 11) is -2.26. The number of ether oxygens (including phenoxy) is 1. The molecule has 1 aliphatic heterocycles. The predicted octanol–water partition coefficient (Wildman–Crippen LogP) is 1.06. The first-order valence-corrected chi connectivity index (χ1v) is 11.8. The van der Waals surface area contributed by atoms with Crippen LogP contribution < -0.4 is 15.2 Å². The Labute approximate surface area is 188 Å². The number of nitrogens with one attached hydrogen (secondary N) is 1. The molecule has 9 nitrogen and oxygen atoms in total. The number of amides is 2. The highest BCUT2D eigenvalue weighted by molar-refractivity contribution is 7.89. The number of hydrogen-bond acceptors (Lipinski definition) is 6. The fraction of sp³-hybridized carbons (Fsp3) is 0.364. The Morgan fingerprint density at radius 3 is 2.44 bits per heavy atom. The molecular weight excluding hydrogens is 432 g/mol. The van der Waals surface area contributed by atoms with Gasteiger partial charge in [-0.25, -0.2) is 13.6 Å². The molecule has 1 saturated heterocycles. The van der Waals surface area contributed by atoms with Gasteiger partial charge in [0.1, 0.15) is 5.75 Å². The zero-order valence-corrected chi connectivity index (χ0v) is 19.0. The highest BCUT2D eigenvalue weighted by atomic mass is 32.2. The second kappa shape index (κ2) is 10.1. The zero-order chi connectivity index (χ0) is 23.3.